The molecule has 19 heavy (non-hydrogen) atoms. The molecule has 0 radical (unpaired) electrons. The van der Waals surface area contributed by atoms with Crippen molar-refractivity contribution in [3.8, 4) is 0 Å². The minimum atomic E-state index is -1.22. The molecule has 112 valence electrons. The molecular weight excluding hydrogens is 246 g/mol. The van der Waals surface area contributed by atoms with Crippen LogP contribution in [-0.4, -0.2) is 45.2 Å². The van der Waals surface area contributed by atoms with E-state index in [0.717, 1.165) is 0 Å². The van der Waals surface area contributed by atoms with Gasteiger partial charge in [-0.15, -0.1) is 0 Å². The fourth-order valence-corrected chi connectivity index (χ4v) is 2.48. The molecule has 0 spiro atoms. The third kappa shape index (κ3) is 3.69. The molecule has 0 heterocycles. The highest BCUT2D eigenvalue weighted by Crippen LogP contribution is 2.42. The third-order valence-corrected chi connectivity index (χ3v) is 3.87. The van der Waals surface area contributed by atoms with E-state index in [4.69, 9.17) is 5.11 Å². The van der Waals surface area contributed by atoms with Gasteiger partial charge in [0.05, 0.1) is 0 Å². The van der Waals surface area contributed by atoms with Crippen molar-refractivity contribution in [1.29, 1.82) is 0 Å². The highest BCUT2D eigenvalue weighted by atomic mass is 16.4. The van der Waals surface area contributed by atoms with Crippen LogP contribution in [0.4, 0.5) is 0 Å². The summed E-state index contributed by atoms with van der Waals surface area (Å²) in [5.74, 6) is -1.95. The molecular formula is C14H27NO4. The predicted molar refractivity (Wildman–Crippen MR) is 74.2 cm³/mol. The van der Waals surface area contributed by atoms with E-state index in [2.05, 4.69) is 0 Å². The lowest BCUT2D eigenvalue weighted by atomic mass is 9.68. The van der Waals surface area contributed by atoms with Crippen LogP contribution >= 0.6 is 0 Å². The Hall–Kier alpha value is -1.10. The summed E-state index contributed by atoms with van der Waals surface area (Å²) >= 11 is 0. The number of hydrogen-bond acceptors (Lipinski definition) is 3. The molecule has 0 bridgehead atoms. The number of carbonyl (C=O) groups is 2. The maximum atomic E-state index is 11.9. The Kier molecular flexibility index (Phi) is 5.17. The number of rotatable bonds is 5. The molecule has 0 aromatic rings. The van der Waals surface area contributed by atoms with Gasteiger partial charge in [-0.3, -0.25) is 14.5 Å². The van der Waals surface area contributed by atoms with Crippen LogP contribution in [0.2, 0.25) is 0 Å². The molecule has 1 atom stereocenters. The lowest BCUT2D eigenvalue weighted by molar-refractivity contribution is -0.167. The summed E-state index contributed by atoms with van der Waals surface area (Å²) in [6, 6.07) is 0. The van der Waals surface area contributed by atoms with Crippen molar-refractivity contribution in [3.05, 3.63) is 0 Å². The smallest absolute Gasteiger partial charge is 0.324 e. The van der Waals surface area contributed by atoms with E-state index in [1.165, 1.54) is 0 Å². The molecule has 0 amide bonds. The summed E-state index contributed by atoms with van der Waals surface area (Å²) in [6.07, 6.45) is -0.0844. The van der Waals surface area contributed by atoms with Crippen LogP contribution in [0.15, 0.2) is 0 Å². The summed E-state index contributed by atoms with van der Waals surface area (Å²) < 4.78 is 0. The van der Waals surface area contributed by atoms with Crippen LogP contribution in [-0.2, 0) is 9.59 Å². The fourth-order valence-electron chi connectivity index (χ4n) is 2.48. The van der Waals surface area contributed by atoms with Crippen molar-refractivity contribution in [1.82, 2.24) is 4.90 Å². The van der Waals surface area contributed by atoms with Gasteiger partial charge in [-0.25, -0.2) is 0 Å². The van der Waals surface area contributed by atoms with Crippen molar-refractivity contribution in [2.75, 3.05) is 7.05 Å². The minimum absolute atomic E-state index is 0.0783. The summed E-state index contributed by atoms with van der Waals surface area (Å²) in [6.45, 7) is 11.3. The largest absolute Gasteiger partial charge is 0.481 e. The summed E-state index contributed by atoms with van der Waals surface area (Å²) in [7, 11) is 1.75. The first kappa shape index (κ1) is 17.9. The Balaban J connectivity index is 5.80. The van der Waals surface area contributed by atoms with Gasteiger partial charge in [-0.1, -0.05) is 20.8 Å². The van der Waals surface area contributed by atoms with Crippen LogP contribution in [0.25, 0.3) is 0 Å². The number of nitrogens with zero attached hydrogens (tertiary/aromatic N) is 1. The third-order valence-electron chi connectivity index (χ3n) is 3.87. The summed E-state index contributed by atoms with van der Waals surface area (Å²) in [5.41, 5.74) is -2.18. The second kappa shape index (κ2) is 5.49. The first-order valence-electron chi connectivity index (χ1n) is 6.46. The van der Waals surface area contributed by atoms with E-state index in [9.17, 15) is 14.7 Å². The van der Waals surface area contributed by atoms with Gasteiger partial charge >= 0.3 is 11.9 Å². The van der Waals surface area contributed by atoms with Gasteiger partial charge in [0, 0.05) is 12.0 Å². The lowest BCUT2D eigenvalue weighted by Crippen LogP contribution is -2.66. The first-order chi connectivity index (χ1) is 8.26. The van der Waals surface area contributed by atoms with Crippen LogP contribution in [0.1, 0.15) is 54.4 Å². The predicted octanol–water partition coefficient (Wildman–Crippen LogP) is 2.45. The standard InChI is InChI=1S/C14H27NO4/c1-12(2,3)14(11(18)19,9-8-10(16)17)15(7)13(4,5)6/h8-9H2,1-7H3,(H,16,17)(H,18,19)/t14-/m0/s1. The molecule has 0 rings (SSSR count). The zero-order valence-corrected chi connectivity index (χ0v) is 13.1. The molecule has 0 aromatic heterocycles. The molecule has 0 aliphatic rings. The Morgan fingerprint density at radius 3 is 1.63 bits per heavy atom. The van der Waals surface area contributed by atoms with E-state index in [1.807, 2.05) is 41.5 Å². The van der Waals surface area contributed by atoms with Crippen molar-refractivity contribution < 1.29 is 19.8 Å². The first-order valence-corrected chi connectivity index (χ1v) is 6.46. The number of likely N-dealkylation sites (N-methyl/N-ethyl adjacent to an activating group) is 1. The van der Waals surface area contributed by atoms with Gasteiger partial charge < -0.3 is 10.2 Å². The van der Waals surface area contributed by atoms with Gasteiger partial charge in [-0.2, -0.15) is 0 Å². The van der Waals surface area contributed by atoms with E-state index in [0.29, 0.717) is 0 Å². The van der Waals surface area contributed by atoms with Crippen molar-refractivity contribution in [3.63, 3.8) is 0 Å². The molecule has 0 aliphatic heterocycles. The lowest BCUT2D eigenvalue weighted by Gasteiger charge is -2.52. The number of carboxylic acids is 2. The van der Waals surface area contributed by atoms with Crippen molar-refractivity contribution in [2.24, 2.45) is 5.41 Å². The highest BCUT2D eigenvalue weighted by molar-refractivity contribution is 5.81. The molecule has 0 saturated carbocycles. The molecule has 5 nitrogen and oxygen atoms in total. The molecule has 0 unspecified atom stereocenters. The quantitative estimate of drug-likeness (QED) is 0.804. The van der Waals surface area contributed by atoms with Crippen LogP contribution in [0, 0.1) is 5.41 Å². The second-order valence-electron chi connectivity index (χ2n) is 7.04. The maximum absolute atomic E-state index is 11.9. The van der Waals surface area contributed by atoms with E-state index >= 15 is 0 Å². The zero-order chi connectivity index (χ0) is 15.6. The molecule has 2 N–H and O–H groups in total. The average Bonchev–Trinajstić information content (AvgIpc) is 2.13. The normalized spacial score (nSPS) is 16.2. The van der Waals surface area contributed by atoms with Crippen LogP contribution in [0.3, 0.4) is 0 Å². The molecule has 0 aliphatic carbocycles. The Labute approximate surface area is 115 Å². The monoisotopic (exact) mass is 273 g/mol. The number of aliphatic carboxylic acids is 2. The van der Waals surface area contributed by atoms with Gasteiger partial charge in [-0.05, 0) is 39.7 Å². The molecule has 0 aromatic carbocycles. The van der Waals surface area contributed by atoms with E-state index in [1.54, 1.807) is 11.9 Å². The minimum Gasteiger partial charge on any atom is -0.481 e. The Bertz CT molecular complexity index is 351. The van der Waals surface area contributed by atoms with Gasteiger partial charge in [0.2, 0.25) is 0 Å². The van der Waals surface area contributed by atoms with Gasteiger partial charge in [0.1, 0.15) is 5.54 Å². The van der Waals surface area contributed by atoms with Gasteiger partial charge in [0.25, 0.3) is 0 Å². The van der Waals surface area contributed by atoms with Crippen LogP contribution in [0.5, 0.6) is 0 Å². The molecule has 0 fully saturated rings. The second-order valence-corrected chi connectivity index (χ2v) is 7.04. The zero-order valence-electron chi connectivity index (χ0n) is 13.1. The SMILES string of the molecule is CN(C(C)(C)C)[C@@](CCC(=O)O)(C(=O)O)C(C)(C)C. The summed E-state index contributed by atoms with van der Waals surface area (Å²) in [5, 5.41) is 18.7. The number of carboxylic acid groups (broad SMARTS) is 2. The highest BCUT2D eigenvalue weighted by Gasteiger charge is 2.54. The Morgan fingerprint density at radius 1 is 1.00 bits per heavy atom. The molecule has 5 heteroatoms. The fraction of sp³-hybridized carbons (Fsp3) is 0.857. The Morgan fingerprint density at radius 2 is 1.42 bits per heavy atom. The summed E-state index contributed by atoms with van der Waals surface area (Å²) in [4.78, 5) is 24.6. The maximum Gasteiger partial charge on any atom is 0.324 e. The van der Waals surface area contributed by atoms with Crippen LogP contribution < -0.4 is 0 Å². The molecule has 0 saturated heterocycles. The van der Waals surface area contributed by atoms with Crippen molar-refractivity contribution >= 4 is 11.9 Å². The van der Waals surface area contributed by atoms with Gasteiger partial charge in [0.15, 0.2) is 0 Å². The van der Waals surface area contributed by atoms with E-state index < -0.39 is 22.9 Å². The average molecular weight is 273 g/mol. The van der Waals surface area contributed by atoms with E-state index in [-0.39, 0.29) is 18.4 Å². The topological polar surface area (TPSA) is 77.8 Å². The number of hydrogen-bond donors (Lipinski definition) is 2. The van der Waals surface area contributed by atoms with Crippen molar-refractivity contribution in [2.45, 2.75) is 65.5 Å².